The minimum absolute atomic E-state index is 0. The summed E-state index contributed by atoms with van der Waals surface area (Å²) in [5.74, 6) is -0.345. The first-order valence-electron chi connectivity index (χ1n) is 6.87. The van der Waals surface area contributed by atoms with Gasteiger partial charge >= 0.3 is 5.97 Å². The van der Waals surface area contributed by atoms with Gasteiger partial charge in [0.1, 0.15) is 6.04 Å². The Labute approximate surface area is 128 Å². The van der Waals surface area contributed by atoms with Crippen LogP contribution in [-0.2, 0) is 9.53 Å². The summed E-state index contributed by atoms with van der Waals surface area (Å²) >= 11 is 0. The molecular formula is C16H26ClNO2. The van der Waals surface area contributed by atoms with Gasteiger partial charge in [0.15, 0.2) is 0 Å². The number of carbonyl (C=O) groups excluding carboxylic acids is 1. The lowest BCUT2D eigenvalue weighted by Crippen LogP contribution is -2.24. The molecule has 0 saturated carbocycles. The molecule has 3 nitrogen and oxygen atoms in total. The summed E-state index contributed by atoms with van der Waals surface area (Å²) in [6.45, 7) is 7.09. The van der Waals surface area contributed by atoms with E-state index >= 15 is 0 Å². The van der Waals surface area contributed by atoms with Crippen molar-refractivity contribution in [2.45, 2.75) is 46.1 Å². The second kappa shape index (κ2) is 8.98. The number of hydrogen-bond acceptors (Lipinski definition) is 3. The topological polar surface area (TPSA) is 52.3 Å². The zero-order chi connectivity index (χ0) is 14.3. The van der Waals surface area contributed by atoms with Gasteiger partial charge in [-0.15, -0.1) is 12.4 Å². The number of esters is 1. The van der Waals surface area contributed by atoms with Crippen LogP contribution in [0, 0.1) is 5.41 Å². The van der Waals surface area contributed by atoms with Crippen LogP contribution < -0.4 is 5.73 Å². The van der Waals surface area contributed by atoms with E-state index in [0.717, 1.165) is 24.8 Å². The quantitative estimate of drug-likeness (QED) is 0.641. The van der Waals surface area contributed by atoms with Crippen molar-refractivity contribution in [3.05, 3.63) is 35.9 Å². The van der Waals surface area contributed by atoms with Crippen molar-refractivity contribution in [1.29, 1.82) is 0 Å². The molecule has 1 unspecified atom stereocenters. The van der Waals surface area contributed by atoms with Crippen LogP contribution in [0.5, 0.6) is 0 Å². The van der Waals surface area contributed by atoms with Crippen molar-refractivity contribution in [3.8, 4) is 0 Å². The lowest BCUT2D eigenvalue weighted by molar-refractivity contribution is -0.145. The van der Waals surface area contributed by atoms with Crippen molar-refractivity contribution in [2.24, 2.45) is 11.1 Å². The average molecular weight is 300 g/mol. The van der Waals surface area contributed by atoms with Gasteiger partial charge in [-0.2, -0.15) is 0 Å². The minimum Gasteiger partial charge on any atom is -0.464 e. The highest BCUT2D eigenvalue weighted by Gasteiger charge is 2.16. The Morgan fingerprint density at radius 1 is 1.20 bits per heavy atom. The van der Waals surface area contributed by atoms with E-state index in [2.05, 4.69) is 20.8 Å². The van der Waals surface area contributed by atoms with E-state index in [4.69, 9.17) is 10.5 Å². The van der Waals surface area contributed by atoms with E-state index in [1.54, 1.807) is 0 Å². The molecule has 0 aliphatic rings. The van der Waals surface area contributed by atoms with Gasteiger partial charge in [-0.05, 0) is 30.2 Å². The van der Waals surface area contributed by atoms with Crippen LogP contribution in [0.25, 0.3) is 0 Å². The smallest absolute Gasteiger partial charge is 0.327 e. The largest absolute Gasteiger partial charge is 0.464 e. The van der Waals surface area contributed by atoms with Gasteiger partial charge in [0.25, 0.3) is 0 Å². The Hall–Kier alpha value is -1.06. The molecule has 0 aliphatic heterocycles. The molecule has 0 bridgehead atoms. The number of halogens is 1. The summed E-state index contributed by atoms with van der Waals surface area (Å²) < 4.78 is 5.21. The van der Waals surface area contributed by atoms with Gasteiger partial charge in [-0.1, -0.05) is 51.1 Å². The molecule has 1 aromatic carbocycles. The van der Waals surface area contributed by atoms with E-state index in [-0.39, 0.29) is 18.4 Å². The molecule has 0 radical (unpaired) electrons. The Morgan fingerprint density at radius 3 is 2.35 bits per heavy atom. The molecule has 4 heteroatoms. The fraction of sp³-hybridized carbons (Fsp3) is 0.562. The second-order valence-electron chi connectivity index (χ2n) is 6.07. The first-order chi connectivity index (χ1) is 8.90. The van der Waals surface area contributed by atoms with Gasteiger partial charge in [0, 0.05) is 0 Å². The van der Waals surface area contributed by atoms with Crippen LogP contribution in [0.3, 0.4) is 0 Å². The monoisotopic (exact) mass is 299 g/mol. The minimum atomic E-state index is -0.677. The average Bonchev–Trinajstić information content (AvgIpc) is 2.37. The third-order valence-electron chi connectivity index (χ3n) is 2.98. The lowest BCUT2D eigenvalue weighted by atomic mass is 9.90. The molecule has 114 valence electrons. The number of unbranched alkanes of at least 4 members (excludes halogenated alkanes) is 1. The third kappa shape index (κ3) is 7.51. The van der Waals surface area contributed by atoms with Crippen molar-refractivity contribution >= 4 is 18.4 Å². The van der Waals surface area contributed by atoms with Crippen LogP contribution in [0.1, 0.15) is 51.6 Å². The summed E-state index contributed by atoms with van der Waals surface area (Å²) in [7, 11) is 0. The van der Waals surface area contributed by atoms with Crippen molar-refractivity contribution in [2.75, 3.05) is 6.61 Å². The van der Waals surface area contributed by atoms with Crippen LogP contribution in [0.15, 0.2) is 30.3 Å². The summed E-state index contributed by atoms with van der Waals surface area (Å²) in [5, 5.41) is 0. The molecule has 0 spiro atoms. The molecule has 0 aliphatic carbocycles. The normalized spacial score (nSPS) is 12.4. The Morgan fingerprint density at radius 2 is 1.80 bits per heavy atom. The van der Waals surface area contributed by atoms with Crippen LogP contribution in [0.4, 0.5) is 0 Å². The molecule has 0 heterocycles. The molecule has 0 amide bonds. The molecule has 1 aromatic rings. The summed E-state index contributed by atoms with van der Waals surface area (Å²) in [4.78, 5) is 11.8. The predicted molar refractivity (Wildman–Crippen MR) is 84.9 cm³/mol. The summed E-state index contributed by atoms with van der Waals surface area (Å²) in [5.41, 5.74) is 6.98. The van der Waals surface area contributed by atoms with Crippen LogP contribution >= 0.6 is 12.4 Å². The van der Waals surface area contributed by atoms with E-state index in [0.29, 0.717) is 12.0 Å². The first kappa shape index (κ1) is 18.9. The molecular weight excluding hydrogens is 274 g/mol. The molecule has 20 heavy (non-hydrogen) atoms. The maximum absolute atomic E-state index is 11.8. The number of carbonyl (C=O) groups is 1. The number of rotatable bonds is 6. The highest BCUT2D eigenvalue weighted by Crippen LogP contribution is 2.21. The predicted octanol–water partition coefficient (Wildman–Crippen LogP) is 3.87. The number of hydrogen-bond donors (Lipinski definition) is 1. The second-order valence-corrected chi connectivity index (χ2v) is 6.07. The molecule has 0 saturated heterocycles. The number of benzene rings is 1. The molecule has 0 aromatic heterocycles. The third-order valence-corrected chi connectivity index (χ3v) is 2.98. The molecule has 2 N–H and O–H groups in total. The maximum atomic E-state index is 11.8. The SMILES string of the molecule is CC(C)(C)CCCCOC(=O)C(N)c1ccccc1.Cl. The summed E-state index contributed by atoms with van der Waals surface area (Å²) in [6, 6.07) is 8.63. The Kier molecular flexibility index (Phi) is 8.51. The fourth-order valence-electron chi connectivity index (χ4n) is 1.82. The zero-order valence-corrected chi connectivity index (χ0v) is 13.4. The van der Waals surface area contributed by atoms with Crippen LogP contribution in [0.2, 0.25) is 0 Å². The van der Waals surface area contributed by atoms with Crippen LogP contribution in [-0.4, -0.2) is 12.6 Å². The Bertz CT molecular complexity index is 387. The lowest BCUT2D eigenvalue weighted by Gasteiger charge is -2.17. The van der Waals surface area contributed by atoms with Gasteiger partial charge in [-0.3, -0.25) is 0 Å². The summed E-state index contributed by atoms with van der Waals surface area (Å²) in [6.07, 6.45) is 3.09. The fourth-order valence-corrected chi connectivity index (χ4v) is 1.82. The first-order valence-corrected chi connectivity index (χ1v) is 6.87. The standard InChI is InChI=1S/C16H25NO2.ClH/c1-16(2,3)11-7-8-12-19-15(18)14(17)13-9-5-4-6-10-13;/h4-6,9-10,14H,7-8,11-12,17H2,1-3H3;1H. The number of ether oxygens (including phenoxy) is 1. The van der Waals surface area contributed by atoms with E-state index in [1.165, 1.54) is 0 Å². The van der Waals surface area contributed by atoms with Gasteiger partial charge in [0.2, 0.25) is 0 Å². The van der Waals surface area contributed by atoms with E-state index in [1.807, 2.05) is 30.3 Å². The number of nitrogens with two attached hydrogens (primary N) is 1. The van der Waals surface area contributed by atoms with E-state index < -0.39 is 6.04 Å². The van der Waals surface area contributed by atoms with Crippen molar-refractivity contribution < 1.29 is 9.53 Å². The molecule has 1 atom stereocenters. The maximum Gasteiger partial charge on any atom is 0.327 e. The van der Waals surface area contributed by atoms with E-state index in [9.17, 15) is 4.79 Å². The van der Waals surface area contributed by atoms with Gasteiger partial charge in [0.05, 0.1) is 6.61 Å². The molecule has 1 rings (SSSR count). The molecule has 0 fully saturated rings. The Balaban J connectivity index is 0.00000361. The van der Waals surface area contributed by atoms with Crippen molar-refractivity contribution in [1.82, 2.24) is 0 Å². The van der Waals surface area contributed by atoms with Crippen molar-refractivity contribution in [3.63, 3.8) is 0 Å². The zero-order valence-electron chi connectivity index (χ0n) is 12.6. The van der Waals surface area contributed by atoms with Gasteiger partial charge < -0.3 is 10.5 Å². The van der Waals surface area contributed by atoms with Gasteiger partial charge in [-0.25, -0.2) is 4.79 Å². The highest BCUT2D eigenvalue weighted by molar-refractivity contribution is 5.85. The highest BCUT2D eigenvalue weighted by atomic mass is 35.5.